The molecule has 1 aliphatic carbocycles. The molecule has 1 aromatic heterocycles. The van der Waals surface area contributed by atoms with Crippen LogP contribution in [0.1, 0.15) is 44.8 Å². The Hall–Kier alpha value is -0.870. The maximum Gasteiger partial charge on any atom is 0.0951 e. The predicted octanol–water partition coefficient (Wildman–Crippen LogP) is 1.71. The fourth-order valence-corrected chi connectivity index (χ4v) is 2.20. The van der Waals surface area contributed by atoms with Crippen molar-refractivity contribution < 1.29 is 5.11 Å². The van der Waals surface area contributed by atoms with E-state index in [-0.39, 0.29) is 6.61 Å². The van der Waals surface area contributed by atoms with E-state index in [9.17, 15) is 0 Å². The minimum absolute atomic E-state index is 0.248. The second-order valence-corrected chi connectivity index (χ2v) is 5.27. The summed E-state index contributed by atoms with van der Waals surface area (Å²) in [6.07, 6.45) is 7.27. The van der Waals surface area contributed by atoms with E-state index >= 15 is 0 Å². The zero-order valence-corrected chi connectivity index (χ0v) is 10.8. The molecule has 4 nitrogen and oxygen atoms in total. The van der Waals surface area contributed by atoms with Crippen LogP contribution in [0.5, 0.6) is 0 Å². The third-order valence-electron chi connectivity index (χ3n) is 3.48. The van der Waals surface area contributed by atoms with Gasteiger partial charge >= 0.3 is 0 Å². The lowest BCUT2D eigenvalue weighted by atomic mass is 10.0. The van der Waals surface area contributed by atoms with E-state index in [1.54, 1.807) is 0 Å². The van der Waals surface area contributed by atoms with Crippen LogP contribution in [0.25, 0.3) is 0 Å². The van der Waals surface area contributed by atoms with Gasteiger partial charge in [-0.3, -0.25) is 0 Å². The van der Waals surface area contributed by atoms with E-state index in [1.165, 1.54) is 18.5 Å². The van der Waals surface area contributed by atoms with Crippen LogP contribution in [0.4, 0.5) is 0 Å². The van der Waals surface area contributed by atoms with Crippen LogP contribution in [-0.4, -0.2) is 27.3 Å². The lowest BCUT2D eigenvalue weighted by molar-refractivity contribution is 0.243. The summed E-state index contributed by atoms with van der Waals surface area (Å²) in [5.74, 6) is 0.541. The van der Waals surface area contributed by atoms with Crippen LogP contribution in [0.2, 0.25) is 0 Å². The highest BCUT2D eigenvalue weighted by Crippen LogP contribution is 2.35. The molecule has 4 heteroatoms. The first-order valence-electron chi connectivity index (χ1n) is 6.57. The van der Waals surface area contributed by atoms with Gasteiger partial charge in [0.15, 0.2) is 0 Å². The second kappa shape index (κ2) is 5.65. The fraction of sp³-hybridized carbons (Fsp3) is 0.769. The molecule has 0 aliphatic heterocycles. The van der Waals surface area contributed by atoms with Crippen LogP contribution in [-0.2, 0) is 6.54 Å². The van der Waals surface area contributed by atoms with Gasteiger partial charge < -0.3 is 15.0 Å². The molecule has 0 amide bonds. The lowest BCUT2D eigenvalue weighted by Gasteiger charge is -2.21. The van der Waals surface area contributed by atoms with Gasteiger partial charge in [0.1, 0.15) is 0 Å². The van der Waals surface area contributed by atoms with Crippen molar-refractivity contribution in [3.8, 4) is 0 Å². The van der Waals surface area contributed by atoms with Gasteiger partial charge in [0, 0.05) is 31.4 Å². The number of aromatic nitrogens is 2. The third-order valence-corrected chi connectivity index (χ3v) is 3.48. The first-order valence-corrected chi connectivity index (χ1v) is 6.57. The van der Waals surface area contributed by atoms with Crippen LogP contribution in [0, 0.1) is 5.92 Å². The number of nitrogens with zero attached hydrogens (tertiary/aromatic N) is 2. The van der Waals surface area contributed by atoms with E-state index in [2.05, 4.69) is 28.7 Å². The Balaban J connectivity index is 1.89. The summed E-state index contributed by atoms with van der Waals surface area (Å²) in [6, 6.07) is 1.06. The zero-order valence-electron chi connectivity index (χ0n) is 10.8. The molecular weight excluding hydrogens is 214 g/mol. The normalized spacial score (nSPS) is 17.6. The first kappa shape index (κ1) is 12.6. The SMILES string of the molecule is CC(C)C(CCO)NCc1cncn1C1CC1. The van der Waals surface area contributed by atoms with Gasteiger partial charge in [-0.25, -0.2) is 4.98 Å². The molecule has 2 rings (SSSR count). The number of hydrogen-bond acceptors (Lipinski definition) is 3. The Kier molecular flexibility index (Phi) is 4.18. The summed E-state index contributed by atoms with van der Waals surface area (Å²) in [6.45, 7) is 5.47. The average Bonchev–Trinajstić information content (AvgIpc) is 3.04. The number of imidazole rings is 1. The van der Waals surface area contributed by atoms with Crippen molar-refractivity contribution in [2.24, 2.45) is 5.92 Å². The summed E-state index contributed by atoms with van der Waals surface area (Å²) < 4.78 is 2.28. The molecule has 0 radical (unpaired) electrons. The summed E-state index contributed by atoms with van der Waals surface area (Å²) in [4.78, 5) is 4.23. The Bertz CT molecular complexity index is 344. The fourth-order valence-electron chi connectivity index (χ4n) is 2.20. The summed E-state index contributed by atoms with van der Waals surface area (Å²) in [5, 5.41) is 12.6. The first-order chi connectivity index (χ1) is 8.22. The maximum absolute atomic E-state index is 9.04. The highest BCUT2D eigenvalue weighted by Gasteiger charge is 2.25. The molecule has 1 unspecified atom stereocenters. The molecule has 0 saturated heterocycles. The topological polar surface area (TPSA) is 50.1 Å². The molecular formula is C13H23N3O. The van der Waals surface area contributed by atoms with Crippen LogP contribution < -0.4 is 5.32 Å². The van der Waals surface area contributed by atoms with Crippen molar-refractivity contribution in [2.45, 2.75) is 51.7 Å². The number of aliphatic hydroxyl groups excluding tert-OH is 1. The number of hydrogen-bond donors (Lipinski definition) is 2. The summed E-state index contributed by atoms with van der Waals surface area (Å²) in [7, 11) is 0. The Labute approximate surface area is 103 Å². The molecule has 2 N–H and O–H groups in total. The zero-order chi connectivity index (χ0) is 12.3. The summed E-state index contributed by atoms with van der Waals surface area (Å²) >= 11 is 0. The van der Waals surface area contributed by atoms with Gasteiger partial charge in [0.25, 0.3) is 0 Å². The van der Waals surface area contributed by atoms with E-state index in [4.69, 9.17) is 5.11 Å². The van der Waals surface area contributed by atoms with Gasteiger partial charge in [-0.05, 0) is 25.2 Å². The van der Waals surface area contributed by atoms with Gasteiger partial charge in [-0.1, -0.05) is 13.8 Å². The number of nitrogens with one attached hydrogen (secondary N) is 1. The van der Waals surface area contributed by atoms with Gasteiger partial charge in [-0.2, -0.15) is 0 Å². The van der Waals surface area contributed by atoms with Crippen molar-refractivity contribution in [2.75, 3.05) is 6.61 Å². The number of rotatable bonds is 7. The largest absolute Gasteiger partial charge is 0.396 e. The lowest BCUT2D eigenvalue weighted by Crippen LogP contribution is -2.34. The van der Waals surface area contributed by atoms with Crippen molar-refractivity contribution in [3.63, 3.8) is 0 Å². The second-order valence-electron chi connectivity index (χ2n) is 5.27. The maximum atomic E-state index is 9.04. The monoisotopic (exact) mass is 237 g/mol. The highest BCUT2D eigenvalue weighted by atomic mass is 16.3. The van der Waals surface area contributed by atoms with Gasteiger partial charge in [0.05, 0.1) is 12.0 Å². The highest BCUT2D eigenvalue weighted by molar-refractivity contribution is 5.03. The van der Waals surface area contributed by atoms with E-state index in [0.717, 1.165) is 13.0 Å². The molecule has 1 saturated carbocycles. The van der Waals surface area contributed by atoms with Crippen molar-refractivity contribution >= 4 is 0 Å². The van der Waals surface area contributed by atoms with Crippen molar-refractivity contribution in [1.82, 2.24) is 14.9 Å². The summed E-state index contributed by atoms with van der Waals surface area (Å²) in [5.41, 5.74) is 1.26. The molecule has 1 heterocycles. The Morgan fingerprint density at radius 3 is 2.88 bits per heavy atom. The van der Waals surface area contributed by atoms with E-state index < -0.39 is 0 Å². The average molecular weight is 237 g/mol. The molecule has 1 fully saturated rings. The smallest absolute Gasteiger partial charge is 0.0951 e. The minimum Gasteiger partial charge on any atom is -0.396 e. The molecule has 1 atom stereocenters. The quantitative estimate of drug-likeness (QED) is 0.759. The van der Waals surface area contributed by atoms with Crippen molar-refractivity contribution in [3.05, 3.63) is 18.2 Å². The molecule has 1 aromatic rings. The van der Waals surface area contributed by atoms with Crippen LogP contribution in [0.3, 0.4) is 0 Å². The molecule has 0 bridgehead atoms. The predicted molar refractivity (Wildman–Crippen MR) is 67.7 cm³/mol. The minimum atomic E-state index is 0.248. The van der Waals surface area contributed by atoms with Crippen LogP contribution >= 0.6 is 0 Å². The molecule has 0 aromatic carbocycles. The standard InChI is InChI=1S/C13H23N3O/c1-10(2)13(5-6-17)15-8-12-7-14-9-16(12)11-3-4-11/h7,9-11,13,15,17H,3-6,8H2,1-2H3. The third kappa shape index (κ3) is 3.30. The van der Waals surface area contributed by atoms with Gasteiger partial charge in [0.2, 0.25) is 0 Å². The molecule has 0 spiro atoms. The van der Waals surface area contributed by atoms with E-state index in [1.807, 2.05) is 12.5 Å². The number of aliphatic hydroxyl groups is 1. The van der Waals surface area contributed by atoms with E-state index in [0.29, 0.717) is 18.0 Å². The van der Waals surface area contributed by atoms with Gasteiger partial charge in [-0.15, -0.1) is 0 Å². The van der Waals surface area contributed by atoms with Crippen molar-refractivity contribution in [1.29, 1.82) is 0 Å². The van der Waals surface area contributed by atoms with Crippen LogP contribution in [0.15, 0.2) is 12.5 Å². The molecule has 1 aliphatic rings. The Morgan fingerprint density at radius 1 is 1.53 bits per heavy atom. The Morgan fingerprint density at radius 2 is 2.29 bits per heavy atom. The molecule has 96 valence electrons. The molecule has 17 heavy (non-hydrogen) atoms.